The highest BCUT2D eigenvalue weighted by Gasteiger charge is 2.07. The lowest BCUT2D eigenvalue weighted by Crippen LogP contribution is -2.33. The van der Waals surface area contributed by atoms with E-state index in [-0.39, 0.29) is 11.9 Å². The monoisotopic (exact) mass is 253 g/mol. The Morgan fingerprint density at radius 3 is 2.94 bits per heavy atom. The van der Waals surface area contributed by atoms with E-state index in [1.807, 2.05) is 36.7 Å². The number of amides is 1. The molecule has 0 unspecified atom stereocenters. The number of aromatic nitrogens is 1. The molecule has 0 aliphatic heterocycles. The minimum Gasteiger partial charge on any atom is -0.383 e. The van der Waals surface area contributed by atoms with Gasteiger partial charge in [-0.25, -0.2) is 0 Å². The summed E-state index contributed by atoms with van der Waals surface area (Å²) in [5, 5.41) is 6.15. The average Bonchev–Trinajstić information content (AvgIpc) is 2.71. The number of hydrogen-bond acceptors (Lipinski definition) is 3. The summed E-state index contributed by atoms with van der Waals surface area (Å²) in [6.45, 7) is 6.52. The van der Waals surface area contributed by atoms with Crippen molar-refractivity contribution in [1.29, 1.82) is 0 Å². The van der Waals surface area contributed by atoms with Crippen molar-refractivity contribution < 1.29 is 9.53 Å². The quantitative estimate of drug-likeness (QED) is 0.672. The number of nitrogens with zero attached hydrogens (tertiary/aromatic N) is 1. The number of methoxy groups -OCH3 is 1. The van der Waals surface area contributed by atoms with Crippen LogP contribution in [0.4, 0.5) is 0 Å². The second-order valence-electron chi connectivity index (χ2n) is 4.52. The van der Waals surface area contributed by atoms with E-state index < -0.39 is 0 Å². The zero-order valence-corrected chi connectivity index (χ0v) is 11.4. The van der Waals surface area contributed by atoms with Crippen LogP contribution in [0, 0.1) is 0 Å². The van der Waals surface area contributed by atoms with Crippen molar-refractivity contribution in [2.24, 2.45) is 0 Å². The van der Waals surface area contributed by atoms with E-state index in [9.17, 15) is 4.79 Å². The molecule has 1 aromatic heterocycles. The Kier molecular flexibility index (Phi) is 6.46. The lowest BCUT2D eigenvalue weighted by atomic mass is 10.3. The Morgan fingerprint density at radius 2 is 2.28 bits per heavy atom. The molecule has 2 N–H and O–H groups in total. The SMILES string of the molecule is COCCNCc1cccn1CC(=O)NC(C)C. The largest absolute Gasteiger partial charge is 0.383 e. The maximum absolute atomic E-state index is 11.7. The standard InChI is InChI=1S/C13H23N3O2/c1-11(2)15-13(17)10-16-7-4-5-12(16)9-14-6-8-18-3/h4-5,7,11,14H,6,8-10H2,1-3H3,(H,15,17). The van der Waals surface area contributed by atoms with Gasteiger partial charge in [-0.05, 0) is 26.0 Å². The number of hydrogen-bond donors (Lipinski definition) is 2. The molecule has 5 nitrogen and oxygen atoms in total. The van der Waals surface area contributed by atoms with E-state index in [0.717, 1.165) is 18.8 Å². The summed E-state index contributed by atoms with van der Waals surface area (Å²) >= 11 is 0. The second kappa shape index (κ2) is 7.89. The smallest absolute Gasteiger partial charge is 0.240 e. The third-order valence-corrected chi connectivity index (χ3v) is 2.48. The fourth-order valence-corrected chi connectivity index (χ4v) is 1.68. The zero-order valence-electron chi connectivity index (χ0n) is 11.4. The summed E-state index contributed by atoms with van der Waals surface area (Å²) < 4.78 is 6.92. The molecule has 5 heteroatoms. The van der Waals surface area contributed by atoms with Gasteiger partial charge in [0, 0.05) is 38.1 Å². The topological polar surface area (TPSA) is 55.3 Å². The maximum atomic E-state index is 11.7. The molecule has 0 saturated heterocycles. The van der Waals surface area contributed by atoms with Crippen molar-refractivity contribution in [2.75, 3.05) is 20.3 Å². The predicted octanol–water partition coefficient (Wildman–Crippen LogP) is 0.749. The molecule has 1 heterocycles. The van der Waals surface area contributed by atoms with E-state index in [4.69, 9.17) is 4.74 Å². The molecule has 0 aliphatic carbocycles. The first-order valence-corrected chi connectivity index (χ1v) is 6.26. The molecule has 1 aromatic rings. The molecule has 0 spiro atoms. The molecule has 0 saturated carbocycles. The Morgan fingerprint density at radius 1 is 1.50 bits per heavy atom. The van der Waals surface area contributed by atoms with E-state index in [1.165, 1.54) is 0 Å². The van der Waals surface area contributed by atoms with Gasteiger partial charge in [-0.3, -0.25) is 4.79 Å². The molecule has 102 valence electrons. The van der Waals surface area contributed by atoms with Gasteiger partial charge in [0.25, 0.3) is 0 Å². The minimum absolute atomic E-state index is 0.0411. The third kappa shape index (κ3) is 5.33. The first-order valence-electron chi connectivity index (χ1n) is 6.26. The van der Waals surface area contributed by atoms with Crippen molar-refractivity contribution in [3.8, 4) is 0 Å². The number of rotatable bonds is 8. The molecule has 1 rings (SSSR count). The summed E-state index contributed by atoms with van der Waals surface area (Å²) in [5.74, 6) is 0.0411. The third-order valence-electron chi connectivity index (χ3n) is 2.48. The number of ether oxygens (including phenoxy) is 1. The van der Waals surface area contributed by atoms with Gasteiger partial charge in [-0.15, -0.1) is 0 Å². The van der Waals surface area contributed by atoms with Crippen LogP contribution >= 0.6 is 0 Å². The van der Waals surface area contributed by atoms with Crippen LogP contribution in [0.1, 0.15) is 19.5 Å². The van der Waals surface area contributed by atoms with Gasteiger partial charge in [0.15, 0.2) is 0 Å². The number of carbonyl (C=O) groups is 1. The molecule has 0 atom stereocenters. The molecule has 0 bridgehead atoms. The highest BCUT2D eigenvalue weighted by Crippen LogP contribution is 2.02. The van der Waals surface area contributed by atoms with E-state index >= 15 is 0 Å². The van der Waals surface area contributed by atoms with Crippen molar-refractivity contribution in [2.45, 2.75) is 33.0 Å². The van der Waals surface area contributed by atoms with Crippen LogP contribution in [0.5, 0.6) is 0 Å². The van der Waals surface area contributed by atoms with Crippen molar-refractivity contribution in [3.05, 3.63) is 24.0 Å². The maximum Gasteiger partial charge on any atom is 0.240 e. The van der Waals surface area contributed by atoms with Gasteiger partial charge in [-0.1, -0.05) is 0 Å². The fourth-order valence-electron chi connectivity index (χ4n) is 1.68. The summed E-state index contributed by atoms with van der Waals surface area (Å²) in [6, 6.07) is 4.15. The summed E-state index contributed by atoms with van der Waals surface area (Å²) in [4.78, 5) is 11.7. The molecule has 0 fully saturated rings. The van der Waals surface area contributed by atoms with Gasteiger partial charge in [-0.2, -0.15) is 0 Å². The number of carbonyl (C=O) groups excluding carboxylic acids is 1. The molecule has 0 radical (unpaired) electrons. The van der Waals surface area contributed by atoms with Crippen molar-refractivity contribution >= 4 is 5.91 Å². The molecule has 0 aliphatic rings. The predicted molar refractivity (Wildman–Crippen MR) is 71.3 cm³/mol. The van der Waals surface area contributed by atoms with Crippen molar-refractivity contribution in [1.82, 2.24) is 15.2 Å². The lowest BCUT2D eigenvalue weighted by Gasteiger charge is -2.12. The summed E-state index contributed by atoms with van der Waals surface area (Å²) in [7, 11) is 1.68. The summed E-state index contributed by atoms with van der Waals surface area (Å²) in [5.41, 5.74) is 1.10. The Labute approximate surface area is 109 Å². The van der Waals surface area contributed by atoms with Gasteiger partial charge < -0.3 is 19.9 Å². The minimum atomic E-state index is 0.0411. The van der Waals surface area contributed by atoms with E-state index in [2.05, 4.69) is 10.6 Å². The first-order chi connectivity index (χ1) is 8.63. The normalized spacial score (nSPS) is 10.9. The molecule has 1 amide bonds. The molecular formula is C13H23N3O2. The van der Waals surface area contributed by atoms with Crippen LogP contribution in [-0.2, 0) is 22.6 Å². The molecule has 0 aromatic carbocycles. The van der Waals surface area contributed by atoms with Crippen LogP contribution in [0.2, 0.25) is 0 Å². The van der Waals surface area contributed by atoms with Crippen LogP contribution < -0.4 is 10.6 Å². The Balaban J connectivity index is 2.41. The van der Waals surface area contributed by atoms with Crippen LogP contribution in [-0.4, -0.2) is 36.8 Å². The van der Waals surface area contributed by atoms with Gasteiger partial charge in [0.2, 0.25) is 5.91 Å². The van der Waals surface area contributed by atoms with Gasteiger partial charge in [0.1, 0.15) is 6.54 Å². The molecular weight excluding hydrogens is 230 g/mol. The van der Waals surface area contributed by atoms with Crippen LogP contribution in [0.3, 0.4) is 0 Å². The van der Waals surface area contributed by atoms with Gasteiger partial charge in [0.05, 0.1) is 6.61 Å². The zero-order chi connectivity index (χ0) is 13.4. The van der Waals surface area contributed by atoms with Crippen molar-refractivity contribution in [3.63, 3.8) is 0 Å². The van der Waals surface area contributed by atoms with Crippen LogP contribution in [0.15, 0.2) is 18.3 Å². The Bertz CT molecular complexity index is 361. The summed E-state index contributed by atoms with van der Waals surface area (Å²) in [6.07, 6.45) is 1.92. The van der Waals surface area contributed by atoms with Gasteiger partial charge >= 0.3 is 0 Å². The Hall–Kier alpha value is -1.33. The van der Waals surface area contributed by atoms with E-state index in [1.54, 1.807) is 7.11 Å². The highest BCUT2D eigenvalue weighted by atomic mass is 16.5. The fraction of sp³-hybridized carbons (Fsp3) is 0.615. The first kappa shape index (κ1) is 14.7. The van der Waals surface area contributed by atoms with Crippen LogP contribution in [0.25, 0.3) is 0 Å². The van der Waals surface area contributed by atoms with E-state index in [0.29, 0.717) is 13.2 Å². The number of nitrogens with one attached hydrogen (secondary N) is 2. The molecule has 18 heavy (non-hydrogen) atoms. The highest BCUT2D eigenvalue weighted by molar-refractivity contribution is 5.76. The second-order valence-corrected chi connectivity index (χ2v) is 4.52. The average molecular weight is 253 g/mol. The lowest BCUT2D eigenvalue weighted by molar-refractivity contribution is -0.122.